The summed E-state index contributed by atoms with van der Waals surface area (Å²) >= 11 is 0. The van der Waals surface area contributed by atoms with Crippen molar-refractivity contribution in [3.05, 3.63) is 36.0 Å². The van der Waals surface area contributed by atoms with Crippen molar-refractivity contribution < 1.29 is 13.2 Å². The molecule has 0 N–H and O–H groups in total. The van der Waals surface area contributed by atoms with Crippen LogP contribution in [-0.2, 0) is 6.18 Å². The van der Waals surface area contributed by atoms with Gasteiger partial charge in [-0.15, -0.1) is 10.2 Å². The second-order valence-corrected chi connectivity index (χ2v) is 2.94. The summed E-state index contributed by atoms with van der Waals surface area (Å²) in [6.45, 7) is 0. The van der Waals surface area contributed by atoms with Crippen LogP contribution in [0.25, 0.3) is 11.3 Å². The van der Waals surface area contributed by atoms with Crippen LogP contribution in [0.3, 0.4) is 0 Å². The molecule has 4 nitrogen and oxygen atoms in total. The zero-order chi connectivity index (χ0) is 11.6. The molecule has 1 heterocycles. The lowest BCUT2D eigenvalue weighted by Gasteiger charge is -2.07. The Morgan fingerprint density at radius 3 is 2.12 bits per heavy atom. The summed E-state index contributed by atoms with van der Waals surface area (Å²) in [7, 11) is 0. The number of alkyl halides is 3. The molecule has 0 aliphatic heterocycles. The fourth-order valence-corrected chi connectivity index (χ4v) is 1.21. The van der Waals surface area contributed by atoms with E-state index in [0.717, 1.165) is 0 Å². The number of hydrogen-bond acceptors (Lipinski definition) is 4. The van der Waals surface area contributed by atoms with E-state index in [4.69, 9.17) is 0 Å². The molecule has 0 radical (unpaired) electrons. The van der Waals surface area contributed by atoms with Crippen LogP contribution in [0.2, 0.25) is 0 Å². The molecule has 2 rings (SSSR count). The van der Waals surface area contributed by atoms with E-state index in [1.54, 1.807) is 18.2 Å². The molecule has 0 bridgehead atoms. The van der Waals surface area contributed by atoms with Crippen molar-refractivity contribution in [1.82, 2.24) is 20.6 Å². The van der Waals surface area contributed by atoms with Gasteiger partial charge in [0.1, 0.15) is 5.69 Å². The first-order valence-electron chi connectivity index (χ1n) is 4.27. The summed E-state index contributed by atoms with van der Waals surface area (Å²) in [4.78, 5) is 0. The molecule has 1 aromatic heterocycles. The minimum absolute atomic E-state index is 0.303. The monoisotopic (exact) mass is 226 g/mol. The predicted octanol–water partition coefficient (Wildman–Crippen LogP) is 1.95. The quantitative estimate of drug-likeness (QED) is 0.745. The van der Waals surface area contributed by atoms with E-state index < -0.39 is 11.9 Å². The number of rotatable bonds is 1. The van der Waals surface area contributed by atoms with E-state index in [9.17, 15) is 13.2 Å². The molecule has 7 heteroatoms. The van der Waals surface area contributed by atoms with Gasteiger partial charge in [-0.25, -0.2) is 0 Å². The number of hydrogen-bond donors (Lipinski definition) is 0. The Morgan fingerprint density at radius 2 is 1.50 bits per heavy atom. The van der Waals surface area contributed by atoms with E-state index in [1.165, 1.54) is 12.1 Å². The Bertz CT molecular complexity index is 484. The summed E-state index contributed by atoms with van der Waals surface area (Å²) in [5.41, 5.74) is -1.14. The van der Waals surface area contributed by atoms with Crippen LogP contribution in [0.4, 0.5) is 13.2 Å². The zero-order valence-electron chi connectivity index (χ0n) is 7.81. The summed E-state index contributed by atoms with van der Waals surface area (Å²) in [5, 5.41) is 12.4. The minimum atomic E-state index is -4.59. The summed E-state index contributed by atoms with van der Waals surface area (Å²) < 4.78 is 37.7. The normalized spacial score (nSPS) is 11.4. The Kier molecular flexibility index (Phi) is 2.51. The molecule has 2 aromatic rings. The Hall–Kier alpha value is -2.05. The van der Waals surface area contributed by atoms with Crippen LogP contribution in [0.1, 0.15) is 5.69 Å². The molecule has 0 atom stereocenters. The molecule has 16 heavy (non-hydrogen) atoms. The van der Waals surface area contributed by atoms with Gasteiger partial charge in [-0.3, -0.25) is 0 Å². The molecule has 0 aliphatic carbocycles. The second-order valence-electron chi connectivity index (χ2n) is 2.94. The highest BCUT2D eigenvalue weighted by Gasteiger charge is 2.37. The largest absolute Gasteiger partial charge is 0.437 e. The average molecular weight is 226 g/mol. The van der Waals surface area contributed by atoms with Gasteiger partial charge in [0, 0.05) is 5.56 Å². The van der Waals surface area contributed by atoms with E-state index >= 15 is 0 Å². The molecule has 0 amide bonds. The molecular weight excluding hydrogens is 221 g/mol. The maximum absolute atomic E-state index is 12.6. The Balaban J connectivity index is 2.58. The van der Waals surface area contributed by atoms with Crippen molar-refractivity contribution in [3.8, 4) is 11.3 Å². The van der Waals surface area contributed by atoms with Gasteiger partial charge in [0.2, 0.25) is 0 Å². The van der Waals surface area contributed by atoms with Gasteiger partial charge in [-0.2, -0.15) is 13.2 Å². The first-order valence-corrected chi connectivity index (χ1v) is 4.27. The maximum Gasteiger partial charge on any atom is 0.437 e. The predicted molar refractivity (Wildman–Crippen MR) is 48.1 cm³/mol. The van der Waals surface area contributed by atoms with E-state index in [1.807, 2.05) is 0 Å². The number of benzene rings is 1. The third-order valence-electron chi connectivity index (χ3n) is 1.87. The van der Waals surface area contributed by atoms with Crippen molar-refractivity contribution in [2.24, 2.45) is 0 Å². The van der Waals surface area contributed by atoms with E-state index in [0.29, 0.717) is 5.56 Å². The van der Waals surface area contributed by atoms with E-state index in [2.05, 4.69) is 20.6 Å². The fourth-order valence-electron chi connectivity index (χ4n) is 1.21. The molecule has 0 spiro atoms. The van der Waals surface area contributed by atoms with Gasteiger partial charge < -0.3 is 0 Å². The summed E-state index contributed by atoms with van der Waals surface area (Å²) in [6.07, 6.45) is -4.59. The van der Waals surface area contributed by atoms with Crippen LogP contribution < -0.4 is 0 Å². The maximum atomic E-state index is 12.6. The highest BCUT2D eigenvalue weighted by molar-refractivity contribution is 5.61. The van der Waals surface area contributed by atoms with E-state index in [-0.39, 0.29) is 5.69 Å². The van der Waals surface area contributed by atoms with Crippen molar-refractivity contribution in [2.75, 3.05) is 0 Å². The molecule has 0 unspecified atom stereocenters. The number of aromatic nitrogens is 4. The minimum Gasteiger partial charge on any atom is -0.164 e. The first kappa shape index (κ1) is 10.5. The average Bonchev–Trinajstić information content (AvgIpc) is 2.29. The number of nitrogens with zero attached hydrogens (tertiary/aromatic N) is 4. The molecule has 0 saturated heterocycles. The smallest absolute Gasteiger partial charge is 0.164 e. The van der Waals surface area contributed by atoms with Gasteiger partial charge in [0.15, 0.2) is 5.69 Å². The van der Waals surface area contributed by atoms with Gasteiger partial charge in [-0.05, 0) is 10.4 Å². The molecular formula is C9H5F3N4. The van der Waals surface area contributed by atoms with Gasteiger partial charge >= 0.3 is 6.18 Å². The van der Waals surface area contributed by atoms with Crippen LogP contribution in [0, 0.1) is 0 Å². The summed E-state index contributed by atoms with van der Waals surface area (Å²) in [6, 6.07) is 7.91. The third kappa shape index (κ3) is 1.97. The van der Waals surface area contributed by atoms with Crippen molar-refractivity contribution in [3.63, 3.8) is 0 Å². The van der Waals surface area contributed by atoms with Gasteiger partial charge in [0.25, 0.3) is 0 Å². The van der Waals surface area contributed by atoms with Crippen molar-refractivity contribution in [2.45, 2.75) is 6.18 Å². The third-order valence-corrected chi connectivity index (χ3v) is 1.87. The highest BCUT2D eigenvalue weighted by Crippen LogP contribution is 2.33. The van der Waals surface area contributed by atoms with Crippen molar-refractivity contribution >= 4 is 0 Å². The Morgan fingerprint density at radius 1 is 0.875 bits per heavy atom. The van der Waals surface area contributed by atoms with Crippen LogP contribution in [0.15, 0.2) is 30.3 Å². The van der Waals surface area contributed by atoms with Gasteiger partial charge in [0.05, 0.1) is 0 Å². The van der Waals surface area contributed by atoms with Crippen LogP contribution in [-0.4, -0.2) is 20.6 Å². The lowest BCUT2D eigenvalue weighted by Crippen LogP contribution is -2.13. The topological polar surface area (TPSA) is 51.6 Å². The summed E-state index contributed by atoms with van der Waals surface area (Å²) in [5.74, 6) is 0. The molecule has 1 aromatic carbocycles. The lowest BCUT2D eigenvalue weighted by atomic mass is 10.1. The number of halogens is 3. The van der Waals surface area contributed by atoms with Crippen LogP contribution in [0.5, 0.6) is 0 Å². The Labute approximate surface area is 88.1 Å². The lowest BCUT2D eigenvalue weighted by molar-refractivity contribution is -0.141. The standard InChI is InChI=1S/C9H5F3N4/c10-9(11,12)8-7(13-15-16-14-8)6-4-2-1-3-5-6/h1-5H. The van der Waals surface area contributed by atoms with Crippen LogP contribution >= 0.6 is 0 Å². The second kappa shape index (κ2) is 3.84. The van der Waals surface area contributed by atoms with Gasteiger partial charge in [-0.1, -0.05) is 30.3 Å². The molecule has 0 saturated carbocycles. The zero-order valence-corrected chi connectivity index (χ0v) is 7.81. The first-order chi connectivity index (χ1) is 7.59. The SMILES string of the molecule is FC(F)(F)c1nnnnc1-c1ccccc1. The fraction of sp³-hybridized carbons (Fsp3) is 0.111. The molecule has 0 aliphatic rings. The molecule has 0 fully saturated rings. The highest BCUT2D eigenvalue weighted by atomic mass is 19.4. The van der Waals surface area contributed by atoms with Crippen molar-refractivity contribution in [1.29, 1.82) is 0 Å². The molecule has 82 valence electrons.